The van der Waals surface area contributed by atoms with Crippen molar-refractivity contribution in [2.45, 2.75) is 6.54 Å². The zero-order chi connectivity index (χ0) is 18.2. The average molecular weight is 413 g/mol. The van der Waals surface area contributed by atoms with Crippen LogP contribution in [-0.2, 0) is 6.54 Å². The van der Waals surface area contributed by atoms with Crippen molar-refractivity contribution in [2.75, 3.05) is 10.8 Å². The van der Waals surface area contributed by atoms with Crippen LogP contribution in [0.1, 0.15) is 5.56 Å². The first-order valence-electron chi connectivity index (χ1n) is 7.92. The summed E-state index contributed by atoms with van der Waals surface area (Å²) in [5.74, 6) is 0.685. The fourth-order valence-corrected chi connectivity index (χ4v) is 2.49. The van der Waals surface area contributed by atoms with Gasteiger partial charge in [0.05, 0.1) is 10.2 Å². The highest BCUT2D eigenvalue weighted by Crippen LogP contribution is 2.24. The number of para-hydroxylation sites is 1. The molecular weight excluding hydrogens is 396 g/mol. The zero-order valence-corrected chi connectivity index (χ0v) is 15.4. The van der Waals surface area contributed by atoms with Gasteiger partial charge in [-0.15, -0.1) is 0 Å². The van der Waals surface area contributed by atoms with Crippen LogP contribution in [-0.4, -0.2) is 11.0 Å². The second-order valence-electron chi connectivity index (χ2n) is 5.38. The van der Waals surface area contributed by atoms with Crippen molar-refractivity contribution in [1.29, 1.82) is 0 Å². The Morgan fingerprint density at radius 1 is 1.00 bits per heavy atom. The molecule has 0 aliphatic heterocycles. The van der Waals surface area contributed by atoms with Gasteiger partial charge >= 0.3 is 6.03 Å². The minimum atomic E-state index is -0.279. The number of aromatic nitrogens is 1. The summed E-state index contributed by atoms with van der Waals surface area (Å²) in [4.78, 5) is 21.5. The van der Waals surface area contributed by atoms with Crippen molar-refractivity contribution in [2.24, 2.45) is 0 Å². The van der Waals surface area contributed by atoms with E-state index in [-0.39, 0.29) is 6.03 Å². The standard InChI is InChI=1S/C19H17BrN4O2/c20-17-5-1-2-6-18(17)26-24-16-9-7-15(8-10-16)23-19(25)22-13-14-4-3-11-21-12-14/h1-12,24H,13H2,(H2,22,23,25). The lowest BCUT2D eigenvalue weighted by atomic mass is 10.3. The molecule has 0 radical (unpaired) electrons. The van der Waals surface area contributed by atoms with Crippen molar-refractivity contribution in [3.05, 3.63) is 83.1 Å². The van der Waals surface area contributed by atoms with Crippen LogP contribution < -0.4 is 21.0 Å². The fraction of sp³-hybridized carbons (Fsp3) is 0.0526. The number of rotatable bonds is 6. The molecule has 0 bridgehead atoms. The highest BCUT2D eigenvalue weighted by atomic mass is 79.9. The number of nitrogens with zero attached hydrogens (tertiary/aromatic N) is 1. The molecule has 3 N–H and O–H groups in total. The second kappa shape index (κ2) is 8.87. The maximum absolute atomic E-state index is 11.9. The second-order valence-corrected chi connectivity index (χ2v) is 6.24. The largest absolute Gasteiger partial charge is 0.381 e. The van der Waals surface area contributed by atoms with E-state index in [9.17, 15) is 4.79 Å². The molecular formula is C19H17BrN4O2. The van der Waals surface area contributed by atoms with Gasteiger partial charge in [0.2, 0.25) is 0 Å². The van der Waals surface area contributed by atoms with E-state index >= 15 is 0 Å². The summed E-state index contributed by atoms with van der Waals surface area (Å²) >= 11 is 3.42. The minimum absolute atomic E-state index is 0.279. The maximum atomic E-state index is 11.9. The van der Waals surface area contributed by atoms with Crippen molar-refractivity contribution >= 4 is 33.3 Å². The number of hydrogen-bond acceptors (Lipinski definition) is 4. The molecule has 0 unspecified atom stereocenters. The predicted octanol–water partition coefficient (Wildman–Crippen LogP) is 4.57. The number of carbonyl (C=O) groups is 1. The lowest BCUT2D eigenvalue weighted by Gasteiger charge is -2.11. The number of pyridine rings is 1. The third-order valence-corrected chi connectivity index (χ3v) is 4.09. The van der Waals surface area contributed by atoms with E-state index in [0.717, 1.165) is 15.7 Å². The smallest absolute Gasteiger partial charge is 0.319 e. The van der Waals surface area contributed by atoms with Crippen LogP contribution in [0.25, 0.3) is 0 Å². The lowest BCUT2D eigenvalue weighted by Crippen LogP contribution is -2.28. The first-order valence-corrected chi connectivity index (χ1v) is 8.71. The molecule has 0 atom stereocenters. The monoisotopic (exact) mass is 412 g/mol. The van der Waals surface area contributed by atoms with Gasteiger partial charge in [0, 0.05) is 24.6 Å². The zero-order valence-electron chi connectivity index (χ0n) is 13.8. The van der Waals surface area contributed by atoms with Gasteiger partial charge in [0.1, 0.15) is 0 Å². The van der Waals surface area contributed by atoms with E-state index in [1.165, 1.54) is 0 Å². The first-order chi connectivity index (χ1) is 12.7. The molecule has 0 saturated heterocycles. The van der Waals surface area contributed by atoms with Gasteiger partial charge in [-0.1, -0.05) is 18.2 Å². The van der Waals surface area contributed by atoms with Crippen molar-refractivity contribution in [1.82, 2.24) is 10.3 Å². The number of hydrogen-bond donors (Lipinski definition) is 3. The van der Waals surface area contributed by atoms with Gasteiger partial charge in [-0.2, -0.15) is 0 Å². The molecule has 7 heteroatoms. The lowest BCUT2D eigenvalue weighted by molar-refractivity contribution is 0.251. The molecule has 26 heavy (non-hydrogen) atoms. The van der Waals surface area contributed by atoms with Gasteiger partial charge in [-0.05, 0) is 64.0 Å². The maximum Gasteiger partial charge on any atom is 0.319 e. The van der Waals surface area contributed by atoms with E-state index in [4.69, 9.17) is 4.84 Å². The summed E-state index contributed by atoms with van der Waals surface area (Å²) in [6, 6.07) is 18.2. The number of benzene rings is 2. The van der Waals surface area contributed by atoms with Crippen LogP contribution in [0.15, 0.2) is 77.5 Å². The highest BCUT2D eigenvalue weighted by molar-refractivity contribution is 9.10. The molecule has 6 nitrogen and oxygen atoms in total. The Morgan fingerprint density at radius 2 is 1.77 bits per heavy atom. The summed E-state index contributed by atoms with van der Waals surface area (Å²) in [5.41, 5.74) is 5.25. The Hall–Kier alpha value is -3.06. The Labute approximate surface area is 159 Å². The number of urea groups is 1. The molecule has 0 saturated carbocycles. The fourth-order valence-electron chi connectivity index (χ4n) is 2.12. The van der Waals surface area contributed by atoms with Crippen LogP contribution in [0, 0.1) is 0 Å². The van der Waals surface area contributed by atoms with Crippen molar-refractivity contribution in [3.8, 4) is 5.75 Å². The van der Waals surface area contributed by atoms with Crippen LogP contribution in [0.2, 0.25) is 0 Å². The number of halogens is 1. The van der Waals surface area contributed by atoms with Gasteiger partial charge in [0.25, 0.3) is 0 Å². The molecule has 3 rings (SSSR count). The van der Waals surface area contributed by atoms with Crippen LogP contribution in [0.3, 0.4) is 0 Å². The molecule has 0 aliphatic carbocycles. The number of amides is 2. The normalized spacial score (nSPS) is 10.0. The Bertz CT molecular complexity index is 857. The predicted molar refractivity (Wildman–Crippen MR) is 105 cm³/mol. The molecule has 1 heterocycles. The third kappa shape index (κ3) is 5.22. The molecule has 2 aromatic carbocycles. The minimum Gasteiger partial charge on any atom is -0.381 e. The van der Waals surface area contributed by atoms with Crippen molar-refractivity contribution < 1.29 is 9.63 Å². The third-order valence-electron chi connectivity index (χ3n) is 3.43. The van der Waals surface area contributed by atoms with E-state index < -0.39 is 0 Å². The number of nitrogens with one attached hydrogen (secondary N) is 3. The first kappa shape index (κ1) is 17.8. The summed E-state index contributed by atoms with van der Waals surface area (Å²) in [6.07, 6.45) is 3.41. The Balaban J connectivity index is 1.48. The summed E-state index contributed by atoms with van der Waals surface area (Å²) in [5, 5.41) is 5.56. The van der Waals surface area contributed by atoms with Gasteiger partial charge in [0.15, 0.2) is 5.75 Å². The van der Waals surface area contributed by atoms with Crippen LogP contribution >= 0.6 is 15.9 Å². The van der Waals surface area contributed by atoms with E-state index in [1.54, 1.807) is 24.5 Å². The van der Waals surface area contributed by atoms with E-state index in [0.29, 0.717) is 18.0 Å². The van der Waals surface area contributed by atoms with Crippen molar-refractivity contribution in [3.63, 3.8) is 0 Å². The van der Waals surface area contributed by atoms with Gasteiger partial charge in [-0.25, -0.2) is 10.3 Å². The molecule has 0 spiro atoms. The van der Waals surface area contributed by atoms with Crippen LogP contribution in [0.5, 0.6) is 5.75 Å². The van der Waals surface area contributed by atoms with E-state index in [1.807, 2.05) is 48.5 Å². The average Bonchev–Trinajstić information content (AvgIpc) is 2.68. The molecule has 132 valence electrons. The summed E-state index contributed by atoms with van der Waals surface area (Å²) in [6.45, 7) is 0.416. The summed E-state index contributed by atoms with van der Waals surface area (Å²) < 4.78 is 0.857. The molecule has 0 aliphatic rings. The summed E-state index contributed by atoms with van der Waals surface area (Å²) in [7, 11) is 0. The van der Waals surface area contributed by atoms with E-state index in [2.05, 4.69) is 37.0 Å². The molecule has 2 amide bonds. The SMILES string of the molecule is O=C(NCc1cccnc1)Nc1ccc(NOc2ccccc2Br)cc1. The molecule has 0 fully saturated rings. The molecule has 3 aromatic rings. The highest BCUT2D eigenvalue weighted by Gasteiger charge is 2.03. The topological polar surface area (TPSA) is 75.3 Å². The van der Waals surface area contributed by atoms with Crippen LogP contribution in [0.4, 0.5) is 16.2 Å². The Kier molecular flexibility index (Phi) is 6.05. The van der Waals surface area contributed by atoms with Gasteiger partial charge in [-0.3, -0.25) is 4.98 Å². The Morgan fingerprint density at radius 3 is 2.50 bits per heavy atom. The number of anilines is 2. The molecule has 1 aromatic heterocycles. The van der Waals surface area contributed by atoms with Gasteiger partial charge < -0.3 is 15.5 Å². The quantitative estimate of drug-likeness (QED) is 0.518. The number of carbonyl (C=O) groups excluding carboxylic acids is 1.